The maximum Gasteiger partial charge on any atom is 0.280 e. The van der Waals surface area contributed by atoms with Gasteiger partial charge in [0, 0.05) is 35.5 Å². The molecule has 0 spiro atoms. The van der Waals surface area contributed by atoms with E-state index in [0.717, 1.165) is 11.2 Å². The van der Waals surface area contributed by atoms with Crippen LogP contribution in [0.1, 0.15) is 12.8 Å². The molecule has 0 radical (unpaired) electrons. The van der Waals surface area contributed by atoms with Crippen LogP contribution in [0.5, 0.6) is 0 Å². The lowest BCUT2D eigenvalue weighted by Gasteiger charge is -2.36. The van der Waals surface area contributed by atoms with Gasteiger partial charge in [0.15, 0.2) is 9.84 Å². The number of nitrogens with one attached hydrogen (secondary N) is 1. The van der Waals surface area contributed by atoms with Crippen molar-refractivity contribution in [3.63, 3.8) is 0 Å². The molecule has 7 nitrogen and oxygen atoms in total. The lowest BCUT2D eigenvalue weighted by atomic mass is 10.0. The molecule has 1 amide bonds. The van der Waals surface area contributed by atoms with Crippen LogP contribution in [0.4, 0.5) is 10.1 Å². The molecule has 11 heteroatoms. The van der Waals surface area contributed by atoms with Gasteiger partial charge >= 0.3 is 0 Å². The fourth-order valence-corrected chi connectivity index (χ4v) is 6.25. The number of nitrogens with zero attached hydrogens (tertiary/aromatic N) is 1. The van der Waals surface area contributed by atoms with E-state index in [4.69, 9.17) is 11.6 Å². The molecular weight excluding hydrogens is 515 g/mol. The second-order valence-corrected chi connectivity index (χ2v) is 12.3. The summed E-state index contributed by atoms with van der Waals surface area (Å²) < 4.78 is 68.3. The van der Waals surface area contributed by atoms with Gasteiger partial charge in [-0.2, -0.15) is 4.72 Å². The number of alkyl halides is 1. The lowest BCUT2D eigenvalue weighted by molar-refractivity contribution is -0.133. The minimum Gasteiger partial charge on any atom is -0.308 e. The molecule has 0 bridgehead atoms. The summed E-state index contributed by atoms with van der Waals surface area (Å²) in [5.74, 6) is -4.02. The van der Waals surface area contributed by atoms with E-state index in [1.807, 2.05) is 4.72 Å². The molecule has 1 atom stereocenters. The maximum atomic E-state index is 15.8. The second-order valence-electron chi connectivity index (χ2n) is 8.24. The smallest absolute Gasteiger partial charge is 0.280 e. The zero-order chi connectivity index (χ0) is 25.4. The van der Waals surface area contributed by atoms with Crippen LogP contribution < -0.4 is 9.62 Å². The molecule has 1 unspecified atom stereocenters. The Labute approximate surface area is 208 Å². The van der Waals surface area contributed by atoms with Crippen molar-refractivity contribution in [3.8, 4) is 11.1 Å². The van der Waals surface area contributed by atoms with Crippen LogP contribution in [-0.4, -0.2) is 41.3 Å². The van der Waals surface area contributed by atoms with Crippen molar-refractivity contribution < 1.29 is 26.0 Å². The summed E-state index contributed by atoms with van der Waals surface area (Å²) in [4.78, 5) is 14.0. The predicted molar refractivity (Wildman–Crippen MR) is 132 cm³/mol. The normalized spacial score (nSPS) is 19.1. The van der Waals surface area contributed by atoms with Gasteiger partial charge in [0.05, 0.1) is 9.79 Å². The number of amides is 1. The number of anilines is 1. The van der Waals surface area contributed by atoms with Crippen LogP contribution in [0.25, 0.3) is 11.1 Å². The molecule has 1 aliphatic heterocycles. The highest BCUT2D eigenvalue weighted by atomic mass is 35.5. The average molecular weight is 537 g/mol. The number of carbonyl (C=O) groups excluding carboxylic acids is 1. The Morgan fingerprint density at radius 2 is 1.63 bits per heavy atom. The van der Waals surface area contributed by atoms with Gasteiger partial charge in [-0.05, 0) is 48.4 Å². The van der Waals surface area contributed by atoms with E-state index < -0.39 is 31.6 Å². The topological polar surface area (TPSA) is 101 Å². The number of hydrogen-bond donors (Lipinski definition) is 1. The van der Waals surface area contributed by atoms with Crippen LogP contribution in [0, 0.1) is 0 Å². The molecule has 1 saturated heterocycles. The van der Waals surface area contributed by atoms with Gasteiger partial charge in [0.1, 0.15) is 0 Å². The summed E-state index contributed by atoms with van der Waals surface area (Å²) in [6.45, 7) is 0.0983. The van der Waals surface area contributed by atoms with Crippen LogP contribution in [0.3, 0.4) is 0 Å². The molecule has 184 valence electrons. The average Bonchev–Trinajstić information content (AvgIpc) is 2.80. The minimum absolute atomic E-state index is 0.0224. The fraction of sp³-hybridized carbons (Fsp3) is 0.208. The van der Waals surface area contributed by atoms with Gasteiger partial charge in [0.25, 0.3) is 11.7 Å². The van der Waals surface area contributed by atoms with E-state index in [1.54, 1.807) is 36.4 Å². The second kappa shape index (κ2) is 9.34. The Bertz CT molecular complexity index is 1480. The van der Waals surface area contributed by atoms with Crippen molar-refractivity contribution in [2.75, 3.05) is 17.7 Å². The van der Waals surface area contributed by atoms with E-state index in [-0.39, 0.29) is 34.9 Å². The molecule has 3 aromatic rings. The first-order chi connectivity index (χ1) is 16.4. The van der Waals surface area contributed by atoms with Crippen LogP contribution in [0.15, 0.2) is 82.6 Å². The van der Waals surface area contributed by atoms with Crippen molar-refractivity contribution in [2.24, 2.45) is 0 Å². The Kier molecular flexibility index (Phi) is 6.76. The molecule has 35 heavy (non-hydrogen) atoms. The van der Waals surface area contributed by atoms with E-state index >= 15 is 4.39 Å². The SMILES string of the molecule is CS(=O)(=O)c1cc(N2CCCC(F)(NS(=O)(=O)c3ccc(Cl)cc3)C2=O)ccc1-c1ccccc1. The third-order valence-electron chi connectivity index (χ3n) is 5.67. The number of benzene rings is 3. The van der Waals surface area contributed by atoms with Crippen molar-refractivity contribution in [1.29, 1.82) is 0 Å². The summed E-state index contributed by atoms with van der Waals surface area (Å²) in [6, 6.07) is 18.4. The monoisotopic (exact) mass is 536 g/mol. The Morgan fingerprint density at radius 3 is 2.26 bits per heavy atom. The van der Waals surface area contributed by atoms with Crippen LogP contribution in [0.2, 0.25) is 5.02 Å². The van der Waals surface area contributed by atoms with Gasteiger partial charge in [-0.25, -0.2) is 21.2 Å². The zero-order valence-corrected chi connectivity index (χ0v) is 21.0. The highest BCUT2D eigenvalue weighted by Gasteiger charge is 2.48. The molecular formula is C24H22ClFN2O5S2. The van der Waals surface area contributed by atoms with Crippen LogP contribution >= 0.6 is 11.6 Å². The molecule has 1 fully saturated rings. The molecule has 0 saturated carbocycles. The Morgan fingerprint density at radius 1 is 0.971 bits per heavy atom. The molecule has 1 heterocycles. The molecule has 1 aliphatic rings. The number of hydrogen-bond acceptors (Lipinski definition) is 5. The van der Waals surface area contributed by atoms with Crippen LogP contribution in [-0.2, 0) is 24.7 Å². The van der Waals surface area contributed by atoms with E-state index in [0.29, 0.717) is 16.1 Å². The number of sulfonamides is 1. The van der Waals surface area contributed by atoms with Crippen molar-refractivity contribution >= 4 is 43.1 Å². The number of carbonyl (C=O) groups is 1. The highest BCUT2D eigenvalue weighted by Crippen LogP contribution is 2.35. The standard InChI is InChI=1S/C24H22ClFN2O5S2/c1-34(30,31)22-16-19(10-13-21(22)17-6-3-2-4-7-17)28-15-5-14-24(26,23(28)29)27-35(32,33)20-11-8-18(25)9-12-20/h2-4,6-13,16,27H,5,14-15H2,1H3. The van der Waals surface area contributed by atoms with E-state index in [9.17, 15) is 21.6 Å². The zero-order valence-electron chi connectivity index (χ0n) is 18.6. The summed E-state index contributed by atoms with van der Waals surface area (Å²) in [5.41, 5.74) is 1.26. The Balaban J connectivity index is 1.69. The first-order valence-corrected chi connectivity index (χ1v) is 14.4. The minimum atomic E-state index is -4.37. The van der Waals surface area contributed by atoms with Gasteiger partial charge in [-0.1, -0.05) is 48.0 Å². The van der Waals surface area contributed by atoms with Gasteiger partial charge in [-0.15, -0.1) is 0 Å². The quantitative estimate of drug-likeness (QED) is 0.476. The summed E-state index contributed by atoms with van der Waals surface area (Å²) in [7, 11) is -8.09. The highest BCUT2D eigenvalue weighted by molar-refractivity contribution is 7.91. The third-order valence-corrected chi connectivity index (χ3v) is 8.54. The largest absolute Gasteiger partial charge is 0.308 e. The summed E-state index contributed by atoms with van der Waals surface area (Å²) >= 11 is 5.79. The van der Waals surface area contributed by atoms with Gasteiger partial charge in [-0.3, -0.25) is 4.79 Å². The molecule has 0 aromatic heterocycles. The number of halogens is 2. The van der Waals surface area contributed by atoms with E-state index in [1.165, 1.54) is 36.4 Å². The number of rotatable bonds is 6. The van der Waals surface area contributed by atoms with Crippen molar-refractivity contribution in [3.05, 3.63) is 77.8 Å². The molecule has 3 aromatic carbocycles. The lowest BCUT2D eigenvalue weighted by Crippen LogP contribution is -2.60. The number of piperidine rings is 1. The Hall–Kier alpha value is -2.79. The van der Waals surface area contributed by atoms with Crippen molar-refractivity contribution in [1.82, 2.24) is 4.72 Å². The van der Waals surface area contributed by atoms with Crippen molar-refractivity contribution in [2.45, 2.75) is 28.4 Å². The summed E-state index contributed by atoms with van der Waals surface area (Å²) in [6.07, 6.45) is 0.840. The first-order valence-electron chi connectivity index (χ1n) is 10.6. The third kappa shape index (κ3) is 5.25. The van der Waals surface area contributed by atoms with Gasteiger partial charge in [0.2, 0.25) is 10.0 Å². The van der Waals surface area contributed by atoms with Gasteiger partial charge < -0.3 is 4.90 Å². The predicted octanol–water partition coefficient (Wildman–Crippen LogP) is 4.18. The molecule has 4 rings (SSSR count). The first kappa shape index (κ1) is 25.3. The maximum absolute atomic E-state index is 15.8. The molecule has 0 aliphatic carbocycles. The number of sulfone groups is 1. The fourth-order valence-electron chi connectivity index (χ4n) is 3.97. The van der Waals surface area contributed by atoms with E-state index in [2.05, 4.69) is 0 Å². The molecule has 1 N–H and O–H groups in total. The summed E-state index contributed by atoms with van der Waals surface area (Å²) in [5, 5.41) is 0.305.